The molecule has 0 unspecified atom stereocenters. The standard InChI is InChI=1S/C13H10BrCl2F2N3/c1-2-19-12-7(15)5-8(16)13(21-12)20-11-9(17)3-6(14)4-10(11)18/h3-5H,2H2,1H3,(H2,19,20,21). The van der Waals surface area contributed by atoms with E-state index in [-0.39, 0.29) is 16.5 Å². The molecule has 0 saturated carbocycles. The van der Waals surface area contributed by atoms with E-state index in [9.17, 15) is 8.78 Å². The van der Waals surface area contributed by atoms with Crippen LogP contribution in [0.5, 0.6) is 0 Å². The van der Waals surface area contributed by atoms with E-state index in [1.54, 1.807) is 0 Å². The maximum absolute atomic E-state index is 13.8. The van der Waals surface area contributed by atoms with Crippen LogP contribution in [0.3, 0.4) is 0 Å². The van der Waals surface area contributed by atoms with E-state index in [0.717, 1.165) is 12.1 Å². The first-order chi connectivity index (χ1) is 9.92. The number of nitrogens with one attached hydrogen (secondary N) is 2. The largest absolute Gasteiger partial charge is 0.369 e. The zero-order valence-electron chi connectivity index (χ0n) is 10.8. The average Bonchev–Trinajstić information content (AvgIpc) is 2.38. The SMILES string of the molecule is CCNc1nc(Nc2c(F)cc(Br)cc2F)c(Cl)cc1Cl. The summed E-state index contributed by atoms with van der Waals surface area (Å²) in [5, 5.41) is 5.96. The minimum atomic E-state index is -0.764. The molecule has 2 aromatic rings. The third-order valence-corrected chi connectivity index (χ3v) is 3.56. The molecule has 0 aliphatic rings. The third kappa shape index (κ3) is 3.75. The lowest BCUT2D eigenvalue weighted by Crippen LogP contribution is -2.05. The Kier molecular flexibility index (Phi) is 5.24. The lowest BCUT2D eigenvalue weighted by Gasteiger charge is -2.13. The Labute approximate surface area is 138 Å². The molecule has 112 valence electrons. The smallest absolute Gasteiger partial charge is 0.151 e. The van der Waals surface area contributed by atoms with E-state index in [0.29, 0.717) is 21.9 Å². The van der Waals surface area contributed by atoms with Crippen molar-refractivity contribution < 1.29 is 8.78 Å². The molecule has 0 spiro atoms. The van der Waals surface area contributed by atoms with Gasteiger partial charge in [-0.1, -0.05) is 39.1 Å². The third-order valence-electron chi connectivity index (χ3n) is 2.52. The summed E-state index contributed by atoms with van der Waals surface area (Å²) >= 11 is 15.0. The number of hydrogen-bond donors (Lipinski definition) is 2. The molecule has 0 atom stereocenters. The summed E-state index contributed by atoms with van der Waals surface area (Å²) in [6, 6.07) is 3.73. The van der Waals surface area contributed by atoms with Crippen molar-refractivity contribution in [2.24, 2.45) is 0 Å². The van der Waals surface area contributed by atoms with E-state index >= 15 is 0 Å². The van der Waals surface area contributed by atoms with Crippen LogP contribution in [0.1, 0.15) is 6.92 Å². The Bertz CT molecular complexity index is 660. The average molecular weight is 397 g/mol. The lowest BCUT2D eigenvalue weighted by molar-refractivity contribution is 0.589. The molecule has 0 fully saturated rings. The fraction of sp³-hybridized carbons (Fsp3) is 0.154. The molecule has 2 N–H and O–H groups in total. The summed E-state index contributed by atoms with van der Waals surface area (Å²) in [5.74, 6) is -1.04. The lowest BCUT2D eigenvalue weighted by atomic mass is 10.3. The van der Waals surface area contributed by atoms with Gasteiger partial charge >= 0.3 is 0 Å². The second-order valence-electron chi connectivity index (χ2n) is 4.05. The monoisotopic (exact) mass is 395 g/mol. The van der Waals surface area contributed by atoms with Crippen molar-refractivity contribution in [2.45, 2.75) is 6.92 Å². The topological polar surface area (TPSA) is 37.0 Å². The fourth-order valence-corrected chi connectivity index (χ4v) is 2.50. The zero-order valence-corrected chi connectivity index (χ0v) is 13.9. The number of nitrogens with zero attached hydrogens (tertiary/aromatic N) is 1. The normalized spacial score (nSPS) is 10.6. The molecule has 1 heterocycles. The number of anilines is 3. The molecule has 0 bridgehead atoms. The van der Waals surface area contributed by atoms with Gasteiger partial charge in [-0.25, -0.2) is 13.8 Å². The van der Waals surface area contributed by atoms with Crippen LogP contribution in [0.2, 0.25) is 10.0 Å². The second-order valence-corrected chi connectivity index (χ2v) is 5.78. The van der Waals surface area contributed by atoms with Crippen LogP contribution in [0.15, 0.2) is 22.7 Å². The first-order valence-corrected chi connectivity index (χ1v) is 7.48. The van der Waals surface area contributed by atoms with Crippen LogP contribution in [0.25, 0.3) is 0 Å². The second kappa shape index (κ2) is 6.77. The first-order valence-electron chi connectivity index (χ1n) is 5.93. The number of pyridine rings is 1. The number of aromatic nitrogens is 1. The molecular formula is C13H10BrCl2F2N3. The van der Waals surface area contributed by atoms with Crippen molar-refractivity contribution in [1.29, 1.82) is 0 Å². The van der Waals surface area contributed by atoms with Crippen molar-refractivity contribution in [2.75, 3.05) is 17.2 Å². The fourth-order valence-electron chi connectivity index (χ4n) is 1.63. The van der Waals surface area contributed by atoms with Gasteiger partial charge in [0.2, 0.25) is 0 Å². The van der Waals surface area contributed by atoms with Crippen LogP contribution in [-0.4, -0.2) is 11.5 Å². The summed E-state index contributed by atoms with van der Waals surface area (Å²) in [6.07, 6.45) is 0. The maximum Gasteiger partial charge on any atom is 0.151 e. The molecular weight excluding hydrogens is 387 g/mol. The summed E-state index contributed by atoms with van der Waals surface area (Å²) in [5.41, 5.74) is -0.336. The minimum absolute atomic E-state index is 0.108. The van der Waals surface area contributed by atoms with E-state index in [1.807, 2.05) is 6.92 Å². The van der Waals surface area contributed by atoms with Crippen LogP contribution < -0.4 is 10.6 Å². The van der Waals surface area contributed by atoms with E-state index in [4.69, 9.17) is 23.2 Å². The van der Waals surface area contributed by atoms with Gasteiger partial charge < -0.3 is 10.6 Å². The summed E-state index contributed by atoms with van der Waals surface area (Å²) in [7, 11) is 0. The van der Waals surface area contributed by atoms with Crippen LogP contribution in [0.4, 0.5) is 26.1 Å². The van der Waals surface area contributed by atoms with Gasteiger partial charge in [0.1, 0.15) is 11.5 Å². The summed E-state index contributed by atoms with van der Waals surface area (Å²) in [4.78, 5) is 4.13. The van der Waals surface area contributed by atoms with Gasteiger partial charge in [-0.15, -0.1) is 0 Å². The highest BCUT2D eigenvalue weighted by atomic mass is 79.9. The van der Waals surface area contributed by atoms with E-state index < -0.39 is 11.6 Å². The van der Waals surface area contributed by atoms with Crippen LogP contribution in [-0.2, 0) is 0 Å². The molecule has 0 radical (unpaired) electrons. The van der Waals surface area contributed by atoms with Gasteiger partial charge in [0.25, 0.3) is 0 Å². The number of halogens is 5. The van der Waals surface area contributed by atoms with Gasteiger partial charge in [0, 0.05) is 11.0 Å². The first kappa shape index (κ1) is 16.3. The number of hydrogen-bond acceptors (Lipinski definition) is 3. The molecule has 0 aliphatic heterocycles. The molecule has 0 amide bonds. The van der Waals surface area contributed by atoms with E-state index in [1.165, 1.54) is 6.07 Å². The molecule has 0 aliphatic carbocycles. The summed E-state index contributed by atoms with van der Waals surface area (Å²) < 4.78 is 27.9. The van der Waals surface area contributed by atoms with Crippen molar-refractivity contribution >= 4 is 56.5 Å². The Morgan fingerprint density at radius 3 is 2.24 bits per heavy atom. The van der Waals surface area contributed by atoms with Gasteiger partial charge in [-0.3, -0.25) is 0 Å². The molecule has 0 saturated heterocycles. The Morgan fingerprint density at radius 2 is 1.67 bits per heavy atom. The molecule has 1 aromatic heterocycles. The van der Waals surface area contributed by atoms with Crippen LogP contribution >= 0.6 is 39.1 Å². The van der Waals surface area contributed by atoms with Crippen molar-refractivity contribution in [3.8, 4) is 0 Å². The van der Waals surface area contributed by atoms with Crippen molar-refractivity contribution in [3.63, 3.8) is 0 Å². The molecule has 1 aromatic carbocycles. The Morgan fingerprint density at radius 1 is 1.10 bits per heavy atom. The molecule has 3 nitrogen and oxygen atoms in total. The molecule has 8 heteroatoms. The highest BCUT2D eigenvalue weighted by Gasteiger charge is 2.15. The van der Waals surface area contributed by atoms with Crippen molar-refractivity contribution in [1.82, 2.24) is 4.98 Å². The van der Waals surface area contributed by atoms with Gasteiger partial charge in [0.15, 0.2) is 17.5 Å². The quantitative estimate of drug-likeness (QED) is 0.705. The Balaban J connectivity index is 2.42. The van der Waals surface area contributed by atoms with Crippen molar-refractivity contribution in [3.05, 3.63) is 44.4 Å². The van der Waals surface area contributed by atoms with Gasteiger partial charge in [-0.05, 0) is 25.1 Å². The Hall–Kier alpha value is -1.11. The van der Waals surface area contributed by atoms with Gasteiger partial charge in [0.05, 0.1) is 10.0 Å². The predicted octanol–water partition coefficient (Wildman–Crippen LogP) is 5.60. The highest BCUT2D eigenvalue weighted by molar-refractivity contribution is 9.10. The maximum atomic E-state index is 13.8. The predicted molar refractivity (Wildman–Crippen MR) is 85.8 cm³/mol. The summed E-state index contributed by atoms with van der Waals surface area (Å²) in [6.45, 7) is 2.46. The number of rotatable bonds is 4. The highest BCUT2D eigenvalue weighted by Crippen LogP contribution is 2.33. The number of benzene rings is 1. The minimum Gasteiger partial charge on any atom is -0.369 e. The van der Waals surface area contributed by atoms with Crippen LogP contribution in [0, 0.1) is 11.6 Å². The van der Waals surface area contributed by atoms with E-state index in [2.05, 4.69) is 31.5 Å². The zero-order chi connectivity index (χ0) is 15.6. The van der Waals surface area contributed by atoms with Gasteiger partial charge in [-0.2, -0.15) is 0 Å². The molecule has 2 rings (SSSR count). The molecule has 21 heavy (non-hydrogen) atoms.